The molecule has 0 aliphatic rings. The van der Waals surface area contributed by atoms with Crippen LogP contribution in [0.2, 0.25) is 0 Å². The summed E-state index contributed by atoms with van der Waals surface area (Å²) in [6.45, 7) is 2.03. The van der Waals surface area contributed by atoms with E-state index in [0.717, 1.165) is 22.4 Å². The number of aromatic nitrogens is 3. The van der Waals surface area contributed by atoms with E-state index in [1.54, 1.807) is 6.07 Å². The smallest absolute Gasteiger partial charge is 0.166 e. The average molecular weight is 253 g/mol. The lowest BCUT2D eigenvalue weighted by Crippen LogP contribution is -1.92. The number of halogens is 1. The Labute approximate surface area is 104 Å². The lowest BCUT2D eigenvalue weighted by molar-refractivity contribution is 0.824. The third-order valence-corrected chi connectivity index (χ3v) is 2.49. The van der Waals surface area contributed by atoms with Crippen LogP contribution in [0.1, 0.15) is 5.56 Å². The highest BCUT2D eigenvalue weighted by molar-refractivity contribution is 5.85. The lowest BCUT2D eigenvalue weighted by Gasteiger charge is -1.96. The first-order valence-electron chi connectivity index (χ1n) is 4.75. The van der Waals surface area contributed by atoms with Gasteiger partial charge in [0.2, 0.25) is 0 Å². The summed E-state index contributed by atoms with van der Waals surface area (Å²) in [6, 6.07) is 7.67. The second-order valence-electron chi connectivity index (χ2n) is 3.58. The highest BCUT2D eigenvalue weighted by atomic mass is 35.5. The molecular formula is C11H13ClN4O. The molecule has 4 N–H and O–H groups in total. The maximum absolute atomic E-state index is 5.66. The molecular weight excluding hydrogens is 240 g/mol. The average Bonchev–Trinajstić information content (AvgIpc) is 2.58. The van der Waals surface area contributed by atoms with Crippen LogP contribution in [0.5, 0.6) is 0 Å². The Balaban J connectivity index is 0.000000722. The molecule has 3 heterocycles. The Morgan fingerprint density at radius 1 is 1.12 bits per heavy atom. The molecule has 17 heavy (non-hydrogen) atoms. The fourth-order valence-electron chi connectivity index (χ4n) is 1.76. The SMILES string of the molecule is Cc1cccn2c1nc1ccc(N)nc12.Cl.O. The van der Waals surface area contributed by atoms with Crippen molar-refractivity contribution in [1.82, 2.24) is 14.4 Å². The van der Waals surface area contributed by atoms with Gasteiger partial charge in [0, 0.05) is 6.20 Å². The fraction of sp³-hybridized carbons (Fsp3) is 0.0909. The minimum atomic E-state index is 0. The Morgan fingerprint density at radius 3 is 2.65 bits per heavy atom. The number of fused-ring (bicyclic) bond motifs is 3. The topological polar surface area (TPSA) is 87.7 Å². The van der Waals surface area contributed by atoms with Gasteiger partial charge in [-0.05, 0) is 30.7 Å². The van der Waals surface area contributed by atoms with Crippen molar-refractivity contribution in [2.75, 3.05) is 5.73 Å². The number of nitrogen functional groups attached to an aromatic ring is 1. The lowest BCUT2D eigenvalue weighted by atomic mass is 10.3. The van der Waals surface area contributed by atoms with Crippen LogP contribution < -0.4 is 5.73 Å². The molecule has 0 fully saturated rings. The number of imidazole rings is 1. The van der Waals surface area contributed by atoms with Gasteiger partial charge in [0.1, 0.15) is 17.0 Å². The van der Waals surface area contributed by atoms with Crippen LogP contribution in [-0.4, -0.2) is 19.8 Å². The summed E-state index contributed by atoms with van der Waals surface area (Å²) in [5.74, 6) is 0.519. The first kappa shape index (κ1) is 13.2. The first-order chi connectivity index (χ1) is 7.25. The summed E-state index contributed by atoms with van der Waals surface area (Å²) < 4.78 is 1.96. The highest BCUT2D eigenvalue weighted by Gasteiger charge is 2.06. The Bertz CT molecular complexity index is 665. The van der Waals surface area contributed by atoms with Crippen molar-refractivity contribution in [3.05, 3.63) is 36.0 Å². The van der Waals surface area contributed by atoms with Crippen LogP contribution in [0, 0.1) is 6.92 Å². The van der Waals surface area contributed by atoms with E-state index in [0.29, 0.717) is 5.82 Å². The molecule has 0 saturated carbocycles. The second-order valence-corrected chi connectivity index (χ2v) is 3.58. The van der Waals surface area contributed by atoms with Crippen molar-refractivity contribution >= 4 is 35.0 Å². The van der Waals surface area contributed by atoms with Crippen LogP contribution >= 0.6 is 12.4 Å². The maximum Gasteiger partial charge on any atom is 0.166 e. The number of nitrogens with zero attached hydrogens (tertiary/aromatic N) is 3. The van der Waals surface area contributed by atoms with Gasteiger partial charge >= 0.3 is 0 Å². The third-order valence-electron chi connectivity index (χ3n) is 2.49. The minimum absolute atomic E-state index is 0. The number of aryl methyl sites for hydroxylation is 1. The monoisotopic (exact) mass is 252 g/mol. The van der Waals surface area contributed by atoms with E-state index in [4.69, 9.17) is 5.73 Å². The number of rotatable bonds is 0. The Morgan fingerprint density at radius 2 is 1.88 bits per heavy atom. The van der Waals surface area contributed by atoms with E-state index in [1.165, 1.54) is 0 Å². The van der Waals surface area contributed by atoms with Crippen LogP contribution in [0.15, 0.2) is 30.5 Å². The van der Waals surface area contributed by atoms with Gasteiger partial charge in [0.25, 0.3) is 0 Å². The maximum atomic E-state index is 5.66. The molecule has 0 spiro atoms. The molecule has 0 aromatic carbocycles. The van der Waals surface area contributed by atoms with Gasteiger partial charge in [0.05, 0.1) is 0 Å². The molecule has 6 heteroatoms. The van der Waals surface area contributed by atoms with Gasteiger partial charge in [-0.3, -0.25) is 4.40 Å². The molecule has 0 aliphatic carbocycles. The quantitative estimate of drug-likeness (QED) is 0.655. The number of pyridine rings is 2. The molecule has 3 rings (SSSR count). The van der Waals surface area contributed by atoms with Crippen LogP contribution in [0.25, 0.3) is 16.8 Å². The number of hydrogen-bond donors (Lipinski definition) is 1. The van der Waals surface area contributed by atoms with E-state index in [1.807, 2.05) is 35.7 Å². The van der Waals surface area contributed by atoms with E-state index in [-0.39, 0.29) is 17.9 Å². The molecule has 5 nitrogen and oxygen atoms in total. The second kappa shape index (κ2) is 4.57. The molecule has 3 aromatic heterocycles. The van der Waals surface area contributed by atoms with Crippen LogP contribution in [0.4, 0.5) is 5.82 Å². The van der Waals surface area contributed by atoms with Gasteiger partial charge in [-0.25, -0.2) is 9.97 Å². The van der Waals surface area contributed by atoms with Crippen LogP contribution in [0.3, 0.4) is 0 Å². The van der Waals surface area contributed by atoms with E-state index in [9.17, 15) is 0 Å². The third kappa shape index (κ3) is 1.90. The van der Waals surface area contributed by atoms with Crippen molar-refractivity contribution in [3.8, 4) is 0 Å². The largest absolute Gasteiger partial charge is 0.412 e. The zero-order valence-corrected chi connectivity index (χ0v) is 10.0. The predicted octanol–water partition coefficient (Wildman–Crippen LogP) is 1.37. The van der Waals surface area contributed by atoms with E-state index < -0.39 is 0 Å². The molecule has 90 valence electrons. The normalized spacial score (nSPS) is 9.94. The zero-order chi connectivity index (χ0) is 10.4. The fourth-order valence-corrected chi connectivity index (χ4v) is 1.76. The molecule has 0 saturated heterocycles. The Hall–Kier alpha value is -1.85. The molecule has 0 amide bonds. The predicted molar refractivity (Wildman–Crippen MR) is 70.5 cm³/mol. The van der Waals surface area contributed by atoms with E-state index in [2.05, 4.69) is 9.97 Å². The Kier molecular flexibility index (Phi) is 3.55. The summed E-state index contributed by atoms with van der Waals surface area (Å²) in [7, 11) is 0. The van der Waals surface area contributed by atoms with Gasteiger partial charge in [-0.15, -0.1) is 12.4 Å². The highest BCUT2D eigenvalue weighted by Crippen LogP contribution is 2.17. The molecule has 0 bridgehead atoms. The summed E-state index contributed by atoms with van der Waals surface area (Å²) in [5.41, 5.74) is 9.42. The summed E-state index contributed by atoms with van der Waals surface area (Å²) in [5, 5.41) is 0. The van der Waals surface area contributed by atoms with E-state index >= 15 is 0 Å². The van der Waals surface area contributed by atoms with Gasteiger partial charge in [-0.2, -0.15) is 0 Å². The summed E-state index contributed by atoms with van der Waals surface area (Å²) >= 11 is 0. The first-order valence-corrected chi connectivity index (χ1v) is 4.75. The van der Waals surface area contributed by atoms with Gasteiger partial charge < -0.3 is 11.2 Å². The number of nitrogens with two attached hydrogens (primary N) is 1. The van der Waals surface area contributed by atoms with Crippen molar-refractivity contribution in [2.24, 2.45) is 0 Å². The minimum Gasteiger partial charge on any atom is -0.412 e. The number of anilines is 1. The molecule has 0 unspecified atom stereocenters. The molecule has 0 radical (unpaired) electrons. The summed E-state index contributed by atoms with van der Waals surface area (Å²) in [4.78, 5) is 8.78. The van der Waals surface area contributed by atoms with Crippen molar-refractivity contribution in [2.45, 2.75) is 6.92 Å². The standard InChI is InChI=1S/C11H10N4.ClH.H2O/c1-7-3-2-6-15-10(7)13-8-4-5-9(12)14-11(8)15;;/h2-6H,1H3,(H2,12,14);1H;1H2. The molecule has 3 aromatic rings. The van der Waals surface area contributed by atoms with Gasteiger partial charge in [0.15, 0.2) is 5.65 Å². The zero-order valence-electron chi connectivity index (χ0n) is 9.21. The van der Waals surface area contributed by atoms with Crippen molar-refractivity contribution in [1.29, 1.82) is 0 Å². The number of hydrogen-bond acceptors (Lipinski definition) is 3. The van der Waals surface area contributed by atoms with Gasteiger partial charge in [-0.1, -0.05) is 6.07 Å². The van der Waals surface area contributed by atoms with Crippen LogP contribution in [-0.2, 0) is 0 Å². The van der Waals surface area contributed by atoms with Crippen molar-refractivity contribution < 1.29 is 5.48 Å². The summed E-state index contributed by atoms with van der Waals surface area (Å²) in [6.07, 6.45) is 1.95. The molecule has 0 atom stereocenters. The molecule has 0 aliphatic heterocycles. The van der Waals surface area contributed by atoms with Crippen molar-refractivity contribution in [3.63, 3.8) is 0 Å².